The molecule has 0 atom stereocenters. The van der Waals surface area contributed by atoms with Gasteiger partial charge in [0.1, 0.15) is 6.29 Å². The minimum Gasteiger partial charge on any atom is -0.303 e. The zero-order chi connectivity index (χ0) is 8.70. The summed E-state index contributed by atoms with van der Waals surface area (Å²) in [6.07, 6.45) is -2.61. The van der Waals surface area contributed by atoms with Crippen molar-refractivity contribution in [1.82, 2.24) is 0 Å². The lowest BCUT2D eigenvalue weighted by atomic mass is 10.1. The smallest absolute Gasteiger partial charge is 0.123 e. The summed E-state index contributed by atoms with van der Waals surface area (Å²) in [6.45, 7) is 0. The highest BCUT2D eigenvalue weighted by Crippen LogP contribution is 2.21. The van der Waals surface area contributed by atoms with Crippen molar-refractivity contribution < 1.29 is 10.3 Å². The molecule has 0 unspecified atom stereocenters. The van der Waals surface area contributed by atoms with Gasteiger partial charge in [-0.15, -0.1) is 0 Å². The molecule has 0 N–H and O–H groups in total. The summed E-state index contributed by atoms with van der Waals surface area (Å²) in [5, 5.41) is 0. The Kier molecular flexibility index (Phi) is 0.566. The summed E-state index contributed by atoms with van der Waals surface area (Å²) in [5.74, 6) is -1.09. The first-order valence-electron chi connectivity index (χ1n) is 4.35. The molecule has 0 saturated heterocycles. The van der Waals surface area contributed by atoms with Crippen LogP contribution in [0.25, 0.3) is 0 Å². The van der Waals surface area contributed by atoms with Gasteiger partial charge in [0.05, 0.1) is 0 Å². The van der Waals surface area contributed by atoms with Gasteiger partial charge in [-0.3, -0.25) is 0 Å². The Labute approximate surface area is 49.3 Å². The summed E-state index contributed by atoms with van der Waals surface area (Å²) in [6, 6.07) is 0. The van der Waals surface area contributed by atoms with Crippen molar-refractivity contribution in [1.29, 1.82) is 0 Å². The van der Waals surface area contributed by atoms with Crippen LogP contribution in [0, 0.1) is 5.92 Å². The minimum atomic E-state index is -1.65. The molecule has 1 aliphatic carbocycles. The van der Waals surface area contributed by atoms with Crippen LogP contribution in [0.2, 0.25) is 0 Å². The van der Waals surface area contributed by atoms with Crippen LogP contribution in [0.5, 0.6) is 0 Å². The van der Waals surface area contributed by atoms with Gasteiger partial charge in [0.2, 0.25) is 0 Å². The van der Waals surface area contributed by atoms with Crippen LogP contribution in [-0.4, -0.2) is 6.29 Å². The van der Waals surface area contributed by atoms with E-state index in [0.717, 1.165) is 0 Å². The Morgan fingerprint density at radius 1 is 1.57 bits per heavy atom. The molecule has 1 fully saturated rings. The summed E-state index contributed by atoms with van der Waals surface area (Å²) >= 11 is 0. The zero-order valence-electron chi connectivity index (χ0n) is 7.98. The summed E-state index contributed by atoms with van der Waals surface area (Å²) < 4.78 is 29.2. The van der Waals surface area contributed by atoms with Crippen LogP contribution in [0.15, 0.2) is 0 Å². The largest absolute Gasteiger partial charge is 0.303 e. The van der Waals surface area contributed by atoms with E-state index in [2.05, 4.69) is 0 Å². The van der Waals surface area contributed by atoms with Crippen molar-refractivity contribution in [3.05, 3.63) is 0 Å². The van der Waals surface area contributed by atoms with Gasteiger partial charge >= 0.3 is 0 Å². The highest BCUT2D eigenvalue weighted by Gasteiger charge is 2.12. The van der Waals surface area contributed by atoms with E-state index in [1.54, 1.807) is 0 Å². The monoisotopic (exact) mass is 102 g/mol. The predicted octanol–water partition coefficient (Wildman–Crippen LogP) is 1.38. The van der Waals surface area contributed by atoms with E-state index in [0.29, 0.717) is 6.29 Å². The zero-order valence-corrected chi connectivity index (χ0v) is 3.98. The van der Waals surface area contributed by atoms with E-state index >= 15 is 0 Å². The van der Waals surface area contributed by atoms with Crippen LogP contribution < -0.4 is 0 Å². The number of rotatable bonds is 1. The molecule has 7 heavy (non-hydrogen) atoms. The lowest BCUT2D eigenvalue weighted by molar-refractivity contribution is -0.110. The van der Waals surface area contributed by atoms with E-state index in [-0.39, 0.29) is 12.8 Å². The molecule has 1 rings (SSSR count). The van der Waals surface area contributed by atoms with Crippen LogP contribution in [0.3, 0.4) is 0 Å². The maximum Gasteiger partial charge on any atom is 0.123 e. The molecule has 1 heteroatoms. The van der Waals surface area contributed by atoms with Gasteiger partial charge in [0.15, 0.2) is 0 Å². The third-order valence-corrected chi connectivity index (χ3v) is 0.990. The SMILES string of the molecule is [2H]C1([2H])CCC([2H])([2H])C1C=O. The molecule has 1 aliphatic rings. The molecule has 0 spiro atoms. The Morgan fingerprint density at radius 3 is 2.43 bits per heavy atom. The Morgan fingerprint density at radius 2 is 2.14 bits per heavy atom. The van der Waals surface area contributed by atoms with Crippen molar-refractivity contribution in [2.75, 3.05) is 0 Å². The first-order chi connectivity index (χ1) is 4.90. The van der Waals surface area contributed by atoms with Crippen LogP contribution in [0.1, 0.15) is 31.1 Å². The number of hydrogen-bond donors (Lipinski definition) is 0. The number of aldehydes is 1. The average Bonchev–Trinajstić information content (AvgIpc) is 2.03. The Hall–Kier alpha value is -0.330. The molecule has 0 aliphatic heterocycles. The van der Waals surface area contributed by atoms with Gasteiger partial charge < -0.3 is 4.79 Å². The number of hydrogen-bond acceptors (Lipinski definition) is 1. The number of carbonyl (C=O) groups excluding carboxylic acids is 1. The van der Waals surface area contributed by atoms with Crippen molar-refractivity contribution >= 4 is 6.29 Å². The second-order valence-corrected chi connectivity index (χ2v) is 1.52. The molecule has 0 heterocycles. The third kappa shape index (κ3) is 1.02. The molecular formula is C6H10O. The van der Waals surface area contributed by atoms with E-state index in [4.69, 9.17) is 5.48 Å². The fraction of sp³-hybridized carbons (Fsp3) is 0.833. The lowest BCUT2D eigenvalue weighted by Gasteiger charge is -1.90. The topological polar surface area (TPSA) is 17.1 Å². The maximum absolute atomic E-state index is 10.4. The predicted molar refractivity (Wildman–Crippen MR) is 28.0 cm³/mol. The molecule has 0 aromatic heterocycles. The van der Waals surface area contributed by atoms with Gasteiger partial charge in [-0.2, -0.15) is 0 Å². The molecule has 1 saturated carbocycles. The third-order valence-electron chi connectivity index (χ3n) is 0.990. The van der Waals surface area contributed by atoms with E-state index in [9.17, 15) is 4.79 Å². The summed E-state index contributed by atoms with van der Waals surface area (Å²) in [7, 11) is 0. The molecular weight excluding hydrogens is 88.1 g/mol. The molecule has 0 aromatic rings. The van der Waals surface area contributed by atoms with Crippen molar-refractivity contribution in [2.45, 2.75) is 25.6 Å². The quantitative estimate of drug-likeness (QED) is 0.457. The molecule has 0 bridgehead atoms. The highest BCUT2D eigenvalue weighted by molar-refractivity contribution is 5.53. The number of carbonyl (C=O) groups is 1. The molecule has 0 radical (unpaired) electrons. The van der Waals surface area contributed by atoms with E-state index in [1.807, 2.05) is 0 Å². The van der Waals surface area contributed by atoms with Crippen molar-refractivity contribution in [3.63, 3.8) is 0 Å². The van der Waals surface area contributed by atoms with Crippen molar-refractivity contribution in [2.24, 2.45) is 5.92 Å². The van der Waals surface area contributed by atoms with Gasteiger partial charge in [0, 0.05) is 11.4 Å². The Bertz CT molecular complexity index is 161. The van der Waals surface area contributed by atoms with E-state index < -0.39 is 18.7 Å². The fourth-order valence-electron chi connectivity index (χ4n) is 0.624. The van der Waals surface area contributed by atoms with Gasteiger partial charge in [-0.1, -0.05) is 12.8 Å². The van der Waals surface area contributed by atoms with Gasteiger partial charge in [-0.25, -0.2) is 0 Å². The summed E-state index contributed by atoms with van der Waals surface area (Å²) in [4.78, 5) is 10.4. The fourth-order valence-corrected chi connectivity index (χ4v) is 0.624. The average molecular weight is 102 g/mol. The first-order valence-corrected chi connectivity index (χ1v) is 2.35. The van der Waals surface area contributed by atoms with Crippen LogP contribution in [-0.2, 0) is 4.79 Å². The second kappa shape index (κ2) is 2.10. The second-order valence-electron chi connectivity index (χ2n) is 1.52. The van der Waals surface area contributed by atoms with Crippen LogP contribution in [0.4, 0.5) is 0 Å². The lowest BCUT2D eigenvalue weighted by Crippen LogP contribution is -1.91. The van der Waals surface area contributed by atoms with Crippen LogP contribution >= 0.6 is 0 Å². The van der Waals surface area contributed by atoms with Gasteiger partial charge in [-0.05, 0) is 12.7 Å². The van der Waals surface area contributed by atoms with Crippen molar-refractivity contribution in [3.8, 4) is 0 Å². The Balaban J connectivity index is 2.88. The molecule has 0 aromatic carbocycles. The highest BCUT2D eigenvalue weighted by atomic mass is 16.1. The normalized spacial score (nSPS) is 45.7. The standard InChI is InChI=1S/C6H10O/c7-5-6-3-1-2-4-6/h5-6H,1-4H2/i3D2,4D2. The molecule has 1 nitrogen and oxygen atoms in total. The van der Waals surface area contributed by atoms with Gasteiger partial charge in [0.25, 0.3) is 0 Å². The maximum atomic E-state index is 10.4. The van der Waals surface area contributed by atoms with E-state index in [1.165, 1.54) is 0 Å². The summed E-state index contributed by atoms with van der Waals surface area (Å²) in [5.41, 5.74) is 0. The minimum absolute atomic E-state index is 0.142. The molecule has 40 valence electrons. The first kappa shape index (κ1) is 1.88. The molecule has 0 amide bonds.